The highest BCUT2D eigenvalue weighted by Gasteiger charge is 2.46. The fourth-order valence-electron chi connectivity index (χ4n) is 1.35. The first-order valence-electron chi connectivity index (χ1n) is 6.80. The lowest BCUT2D eigenvalue weighted by Gasteiger charge is -2.27. The molecule has 126 valence electrons. The predicted molar refractivity (Wildman–Crippen MR) is 73.8 cm³/mol. The second-order valence-electron chi connectivity index (χ2n) is 6.56. The molecule has 0 spiro atoms. The Hall–Kier alpha value is -1.73. The van der Waals surface area contributed by atoms with Gasteiger partial charge in [-0.2, -0.15) is 17.9 Å². The van der Waals surface area contributed by atoms with Crippen LogP contribution < -0.4 is 4.74 Å². The minimum absolute atomic E-state index is 0.0730. The highest BCUT2D eigenvalue weighted by Crippen LogP contribution is 2.40. The molecule has 0 aromatic carbocycles. The Balaban J connectivity index is 2.55. The first-order valence-corrected chi connectivity index (χ1v) is 6.80. The van der Waals surface area contributed by atoms with Gasteiger partial charge in [-0.3, -0.25) is 0 Å². The van der Waals surface area contributed by atoms with E-state index in [1.807, 2.05) is 0 Å². The molecule has 0 unspecified atom stereocenters. The third kappa shape index (κ3) is 5.23. The molecule has 1 aromatic rings. The van der Waals surface area contributed by atoms with Crippen LogP contribution in [0.25, 0.3) is 0 Å². The standard InChI is InChI=1S/C14H21F3N2O3/c1-12(2,3)22-11(20)19-8-6-10(18-19)21-9-7-13(4,5)14(15,16)17/h6,8H,7,9H2,1-5H3. The van der Waals surface area contributed by atoms with E-state index < -0.39 is 23.3 Å². The third-order valence-corrected chi connectivity index (χ3v) is 2.89. The summed E-state index contributed by atoms with van der Waals surface area (Å²) in [5.74, 6) is 0.0730. The van der Waals surface area contributed by atoms with Crippen molar-refractivity contribution in [1.29, 1.82) is 0 Å². The second kappa shape index (κ2) is 6.18. The maximum Gasteiger partial charge on any atom is 0.435 e. The molecule has 0 aliphatic carbocycles. The molecule has 0 N–H and O–H groups in total. The molecule has 0 radical (unpaired) electrons. The van der Waals surface area contributed by atoms with Gasteiger partial charge in [-0.05, 0) is 27.2 Å². The SMILES string of the molecule is CC(C)(C)OC(=O)n1ccc(OCCC(C)(C)C(F)(F)F)n1. The van der Waals surface area contributed by atoms with Crippen LogP contribution in [0.3, 0.4) is 0 Å². The van der Waals surface area contributed by atoms with Crippen LogP contribution in [-0.4, -0.2) is 34.3 Å². The smallest absolute Gasteiger partial charge is 0.435 e. The second-order valence-corrected chi connectivity index (χ2v) is 6.56. The zero-order valence-corrected chi connectivity index (χ0v) is 13.3. The van der Waals surface area contributed by atoms with E-state index in [0.29, 0.717) is 0 Å². The van der Waals surface area contributed by atoms with Gasteiger partial charge in [0.15, 0.2) is 0 Å². The molecule has 0 atom stereocenters. The first kappa shape index (κ1) is 18.3. The normalized spacial score (nSPS) is 13.1. The average Bonchev–Trinajstić information content (AvgIpc) is 2.73. The summed E-state index contributed by atoms with van der Waals surface area (Å²) in [4.78, 5) is 11.7. The lowest BCUT2D eigenvalue weighted by Crippen LogP contribution is -2.33. The molecule has 0 amide bonds. The molecular formula is C14H21F3N2O3. The van der Waals surface area contributed by atoms with Crippen molar-refractivity contribution in [3.05, 3.63) is 12.3 Å². The lowest BCUT2D eigenvalue weighted by atomic mass is 9.89. The molecule has 0 aliphatic rings. The van der Waals surface area contributed by atoms with Crippen LogP contribution in [-0.2, 0) is 4.74 Å². The lowest BCUT2D eigenvalue weighted by molar-refractivity contribution is -0.215. The van der Waals surface area contributed by atoms with Crippen LogP contribution >= 0.6 is 0 Å². The zero-order valence-electron chi connectivity index (χ0n) is 13.3. The summed E-state index contributed by atoms with van der Waals surface area (Å²) in [5, 5.41) is 3.81. The summed E-state index contributed by atoms with van der Waals surface area (Å²) in [5.41, 5.74) is -2.51. The fourth-order valence-corrected chi connectivity index (χ4v) is 1.35. The summed E-state index contributed by atoms with van der Waals surface area (Å²) in [6, 6.07) is 1.39. The number of rotatable bonds is 4. The van der Waals surface area contributed by atoms with Crippen LogP contribution in [0.5, 0.6) is 5.88 Å². The van der Waals surface area contributed by atoms with Gasteiger partial charge in [-0.25, -0.2) is 4.79 Å². The molecule has 1 heterocycles. The largest absolute Gasteiger partial charge is 0.477 e. The van der Waals surface area contributed by atoms with Gasteiger partial charge in [0.25, 0.3) is 0 Å². The maximum atomic E-state index is 12.7. The Kier molecular flexibility index (Phi) is 5.14. The van der Waals surface area contributed by atoms with Gasteiger partial charge in [-0.15, -0.1) is 5.10 Å². The third-order valence-electron chi connectivity index (χ3n) is 2.89. The molecule has 0 bridgehead atoms. The number of alkyl halides is 3. The highest BCUT2D eigenvalue weighted by atomic mass is 19.4. The summed E-state index contributed by atoms with van der Waals surface area (Å²) in [6.07, 6.45) is -3.86. The van der Waals surface area contributed by atoms with Gasteiger partial charge in [-0.1, -0.05) is 13.8 Å². The fraction of sp³-hybridized carbons (Fsp3) is 0.714. The Morgan fingerprint density at radius 2 is 1.82 bits per heavy atom. The van der Waals surface area contributed by atoms with E-state index in [1.54, 1.807) is 20.8 Å². The number of aromatic nitrogens is 2. The van der Waals surface area contributed by atoms with Gasteiger partial charge in [0.05, 0.1) is 12.0 Å². The van der Waals surface area contributed by atoms with Crippen molar-refractivity contribution in [2.75, 3.05) is 6.61 Å². The van der Waals surface area contributed by atoms with E-state index in [2.05, 4.69) is 5.10 Å². The van der Waals surface area contributed by atoms with Crippen molar-refractivity contribution in [1.82, 2.24) is 9.78 Å². The summed E-state index contributed by atoms with van der Waals surface area (Å²) in [6.45, 7) is 7.20. The molecule has 0 fully saturated rings. The highest BCUT2D eigenvalue weighted by molar-refractivity contribution is 5.69. The van der Waals surface area contributed by atoms with Gasteiger partial charge in [0, 0.05) is 12.3 Å². The number of halogens is 3. The van der Waals surface area contributed by atoms with Crippen molar-refractivity contribution in [3.63, 3.8) is 0 Å². The number of hydrogen-bond donors (Lipinski definition) is 0. The Morgan fingerprint density at radius 3 is 2.32 bits per heavy atom. The van der Waals surface area contributed by atoms with Gasteiger partial charge < -0.3 is 9.47 Å². The van der Waals surface area contributed by atoms with E-state index in [-0.39, 0.29) is 18.9 Å². The minimum atomic E-state index is -4.30. The molecule has 8 heteroatoms. The molecule has 0 saturated carbocycles. The number of carbonyl (C=O) groups excluding carboxylic acids is 1. The van der Waals surface area contributed by atoms with Crippen LogP contribution in [0.15, 0.2) is 12.3 Å². The van der Waals surface area contributed by atoms with Crippen molar-refractivity contribution in [3.8, 4) is 5.88 Å². The van der Waals surface area contributed by atoms with Crippen LogP contribution in [0.4, 0.5) is 18.0 Å². The van der Waals surface area contributed by atoms with Crippen molar-refractivity contribution in [2.45, 2.75) is 52.8 Å². The topological polar surface area (TPSA) is 53.4 Å². The van der Waals surface area contributed by atoms with Gasteiger partial charge >= 0.3 is 12.3 Å². The predicted octanol–water partition coefficient (Wildman–Crippen LogP) is 4.02. The quantitative estimate of drug-likeness (QED) is 0.840. The zero-order chi connectivity index (χ0) is 17.2. The monoisotopic (exact) mass is 322 g/mol. The van der Waals surface area contributed by atoms with E-state index in [1.165, 1.54) is 12.3 Å². The minimum Gasteiger partial charge on any atom is -0.477 e. The molecule has 0 aliphatic heterocycles. The molecule has 0 saturated heterocycles. The number of ether oxygens (including phenoxy) is 2. The van der Waals surface area contributed by atoms with Crippen LogP contribution in [0.2, 0.25) is 0 Å². The van der Waals surface area contributed by atoms with E-state index in [9.17, 15) is 18.0 Å². The van der Waals surface area contributed by atoms with Crippen LogP contribution in [0.1, 0.15) is 41.0 Å². The Labute approximate surface area is 127 Å². The number of nitrogens with zero attached hydrogens (tertiary/aromatic N) is 2. The Bertz CT molecular complexity index is 516. The molecule has 1 rings (SSSR count). The van der Waals surface area contributed by atoms with Gasteiger partial charge in [0.2, 0.25) is 5.88 Å². The summed E-state index contributed by atoms with van der Waals surface area (Å²) in [7, 11) is 0. The molecule has 22 heavy (non-hydrogen) atoms. The van der Waals surface area contributed by atoms with E-state index in [4.69, 9.17) is 9.47 Å². The van der Waals surface area contributed by atoms with Crippen molar-refractivity contribution >= 4 is 6.09 Å². The summed E-state index contributed by atoms with van der Waals surface area (Å²) >= 11 is 0. The first-order chi connectivity index (χ1) is 9.82. The molecule has 5 nitrogen and oxygen atoms in total. The Morgan fingerprint density at radius 1 is 1.23 bits per heavy atom. The molecule has 1 aromatic heterocycles. The van der Waals surface area contributed by atoms with Crippen molar-refractivity contribution in [2.24, 2.45) is 5.41 Å². The van der Waals surface area contributed by atoms with Crippen molar-refractivity contribution < 1.29 is 27.4 Å². The number of hydrogen-bond acceptors (Lipinski definition) is 4. The van der Waals surface area contributed by atoms with E-state index >= 15 is 0 Å². The average molecular weight is 322 g/mol. The van der Waals surface area contributed by atoms with Gasteiger partial charge in [0.1, 0.15) is 5.60 Å². The maximum absolute atomic E-state index is 12.7. The summed E-state index contributed by atoms with van der Waals surface area (Å²) < 4.78 is 49.3. The van der Waals surface area contributed by atoms with Crippen LogP contribution in [0, 0.1) is 5.41 Å². The molecular weight excluding hydrogens is 301 g/mol. The van der Waals surface area contributed by atoms with E-state index in [0.717, 1.165) is 18.5 Å². The number of carbonyl (C=O) groups is 1.